The second-order valence-corrected chi connectivity index (χ2v) is 3.55. The first-order chi connectivity index (χ1) is 14.8. The third-order valence-electron chi connectivity index (χ3n) is 1.51. The number of hydrogen-bond acceptors (Lipinski definition) is 17. The van der Waals surface area contributed by atoms with Crippen LogP contribution in [0.2, 0.25) is 0 Å². The van der Waals surface area contributed by atoms with Gasteiger partial charge in [-0.2, -0.15) is 20.4 Å². The summed E-state index contributed by atoms with van der Waals surface area (Å²) >= 11 is 0. The van der Waals surface area contributed by atoms with E-state index in [1.54, 1.807) is 0 Å². The number of nitrogens with one attached hydrogen (secondary N) is 4. The van der Waals surface area contributed by atoms with Crippen molar-refractivity contribution in [3.8, 4) is 0 Å². The van der Waals surface area contributed by atoms with E-state index in [0.717, 1.165) is 24.9 Å². The smallest absolute Gasteiger partial charge is 0.356 e. The summed E-state index contributed by atoms with van der Waals surface area (Å²) in [5, 5.41) is 57.5. The Morgan fingerprint density at radius 2 is 0.606 bits per heavy atom. The SMILES string of the molecule is O=C1N/N=C\C=N\NC(=O)C(=O)N/N=C/C=N\NC1=O.O=[N+]([O-])[O-].O=[N+]([O-])[O-].O=[N+]([O-])[O-].[Cr+3]. The number of rotatable bonds is 0. The number of carbonyl (C=O) groups excluding carboxylic acids is 4. The van der Waals surface area contributed by atoms with Gasteiger partial charge in [-0.05, 0) is 0 Å². The van der Waals surface area contributed by atoms with Gasteiger partial charge in [-0.25, -0.2) is 21.7 Å². The molecule has 0 unspecified atom stereocenters. The number of amides is 4. The molecule has 0 aromatic rings. The van der Waals surface area contributed by atoms with E-state index in [9.17, 15) is 19.2 Å². The van der Waals surface area contributed by atoms with Gasteiger partial charge in [-0.1, -0.05) is 0 Å². The van der Waals surface area contributed by atoms with Gasteiger partial charge in [0.2, 0.25) is 0 Å². The van der Waals surface area contributed by atoms with E-state index in [2.05, 4.69) is 20.4 Å². The van der Waals surface area contributed by atoms with Crippen molar-refractivity contribution in [2.24, 2.45) is 20.4 Å². The Kier molecular flexibility index (Phi) is 24.5. The molecule has 0 aromatic carbocycles. The minimum atomic E-state index is -1.75. The minimum Gasteiger partial charge on any atom is -0.356 e. The Labute approximate surface area is 189 Å². The predicted molar refractivity (Wildman–Crippen MR) is 97.6 cm³/mol. The maximum Gasteiger partial charge on any atom is 3.00 e. The van der Waals surface area contributed by atoms with Crippen LogP contribution in [-0.4, -0.2) is 63.7 Å². The van der Waals surface area contributed by atoms with Gasteiger partial charge in [0.05, 0.1) is 40.1 Å². The molecule has 0 saturated carbocycles. The summed E-state index contributed by atoms with van der Waals surface area (Å²) in [7, 11) is 0. The fourth-order valence-electron chi connectivity index (χ4n) is 0.720. The maximum atomic E-state index is 11.1. The Balaban J connectivity index is -0.000000268. The molecule has 1 rings (SSSR count). The largest absolute Gasteiger partial charge is 3.00 e. The zero-order valence-corrected chi connectivity index (χ0v) is 16.4. The molecule has 24 nitrogen and oxygen atoms in total. The van der Waals surface area contributed by atoms with Crippen molar-refractivity contribution in [3.05, 3.63) is 46.0 Å². The summed E-state index contributed by atoms with van der Waals surface area (Å²) < 4.78 is 0. The van der Waals surface area contributed by atoms with E-state index in [-0.39, 0.29) is 17.4 Å². The van der Waals surface area contributed by atoms with Crippen LogP contribution in [0.4, 0.5) is 0 Å². The number of nitrogens with zero attached hydrogens (tertiary/aromatic N) is 7. The van der Waals surface area contributed by atoms with Gasteiger partial charge in [-0.15, -0.1) is 0 Å². The first-order valence-corrected chi connectivity index (χ1v) is 6.55. The molecule has 0 spiro atoms. The van der Waals surface area contributed by atoms with Crippen molar-refractivity contribution in [2.45, 2.75) is 0 Å². The van der Waals surface area contributed by atoms with E-state index < -0.39 is 38.9 Å². The van der Waals surface area contributed by atoms with Crippen LogP contribution in [0.3, 0.4) is 0 Å². The van der Waals surface area contributed by atoms with Crippen molar-refractivity contribution in [1.29, 1.82) is 0 Å². The third-order valence-corrected chi connectivity index (χ3v) is 1.51. The van der Waals surface area contributed by atoms with E-state index in [1.165, 1.54) is 0 Å². The summed E-state index contributed by atoms with van der Waals surface area (Å²) in [6.45, 7) is 0. The normalized spacial score (nSPS) is 16.5. The second kappa shape index (κ2) is 23.0. The fraction of sp³-hybridized carbons (Fsp3) is 0. The molecule has 0 fully saturated rings. The van der Waals surface area contributed by atoms with E-state index >= 15 is 0 Å². The molecule has 1 aliphatic rings. The van der Waals surface area contributed by atoms with Crippen molar-refractivity contribution in [2.75, 3.05) is 0 Å². The molecule has 0 saturated heterocycles. The van der Waals surface area contributed by atoms with E-state index in [0.29, 0.717) is 0 Å². The Morgan fingerprint density at radius 1 is 0.485 bits per heavy atom. The molecule has 25 heteroatoms. The van der Waals surface area contributed by atoms with Crippen LogP contribution < -0.4 is 21.7 Å². The third kappa shape index (κ3) is 38.0. The zero-order chi connectivity index (χ0) is 25.5. The summed E-state index contributed by atoms with van der Waals surface area (Å²) in [6.07, 6.45) is 3.88. The number of carbonyl (C=O) groups is 4. The average molecular weight is 518 g/mol. The van der Waals surface area contributed by atoms with Gasteiger partial charge in [0.1, 0.15) is 0 Å². The first kappa shape index (κ1) is 35.1. The molecule has 179 valence electrons. The molecule has 1 aliphatic heterocycles. The molecule has 0 aromatic heterocycles. The topological polar surface area (TPSA) is 364 Å². The number of hydrogen-bond donors (Lipinski definition) is 4. The van der Waals surface area contributed by atoms with Crippen LogP contribution in [0.15, 0.2) is 20.4 Å². The standard InChI is InChI=1S/C8H8N8O4.Cr.3NO3/c17-5-6(18)15-11-3-4-12-16-8(20)7(19)14-10-2-1-9-13-5;;3*2-1(3)4/h1-4H,(H,13,17)(H,14,19)(H,15,18)(H,16,20);;;;/q;+3;3*-1. The first-order valence-electron chi connectivity index (χ1n) is 6.55. The summed E-state index contributed by atoms with van der Waals surface area (Å²) in [5.41, 5.74) is 7.45. The molecule has 1 radical (unpaired) electrons. The second-order valence-electron chi connectivity index (χ2n) is 3.55. The van der Waals surface area contributed by atoms with Gasteiger partial charge in [-0.3, -0.25) is 19.2 Å². The molecule has 33 heavy (non-hydrogen) atoms. The fourth-order valence-corrected chi connectivity index (χ4v) is 0.720. The molecule has 4 N–H and O–H groups in total. The average Bonchev–Trinajstić information content (AvgIpc) is 2.64. The molecule has 1 heterocycles. The van der Waals surface area contributed by atoms with E-state index in [1.807, 2.05) is 21.7 Å². The monoisotopic (exact) mass is 518 g/mol. The van der Waals surface area contributed by atoms with Crippen LogP contribution >= 0.6 is 0 Å². The molecule has 0 atom stereocenters. The van der Waals surface area contributed by atoms with Crippen LogP contribution in [-0.2, 0) is 36.5 Å². The van der Waals surface area contributed by atoms with Gasteiger partial charge < -0.3 is 46.0 Å². The van der Waals surface area contributed by atoms with Gasteiger partial charge in [0.15, 0.2) is 0 Å². The Bertz CT molecular complexity index is 674. The van der Waals surface area contributed by atoms with E-state index in [4.69, 9.17) is 46.0 Å². The molecular formula is C8H8CrN11O13. The Morgan fingerprint density at radius 3 is 0.727 bits per heavy atom. The number of hydrazone groups is 4. The van der Waals surface area contributed by atoms with Crippen LogP contribution in [0.25, 0.3) is 0 Å². The zero-order valence-electron chi connectivity index (χ0n) is 15.2. The van der Waals surface area contributed by atoms with Gasteiger partial charge in [0.25, 0.3) is 0 Å². The van der Waals surface area contributed by atoms with Crippen LogP contribution in [0, 0.1) is 46.0 Å². The molecule has 4 amide bonds. The molecule has 0 aliphatic carbocycles. The Hall–Kier alpha value is -5.31. The van der Waals surface area contributed by atoms with Gasteiger partial charge in [0, 0.05) is 0 Å². The van der Waals surface area contributed by atoms with Gasteiger partial charge >= 0.3 is 41.0 Å². The quantitative estimate of drug-likeness (QED) is 0.134. The van der Waals surface area contributed by atoms with Crippen LogP contribution in [0.5, 0.6) is 0 Å². The van der Waals surface area contributed by atoms with Crippen molar-refractivity contribution in [1.82, 2.24) is 21.7 Å². The summed E-state index contributed by atoms with van der Waals surface area (Å²) in [5.74, 6) is -4.25. The molecular weight excluding hydrogens is 510 g/mol. The van der Waals surface area contributed by atoms with Crippen molar-refractivity contribution < 1.29 is 51.8 Å². The molecule has 0 bridgehead atoms. The van der Waals surface area contributed by atoms with Crippen molar-refractivity contribution >= 4 is 48.5 Å². The summed E-state index contributed by atoms with van der Waals surface area (Å²) in [4.78, 5) is 69.1. The minimum absolute atomic E-state index is 0. The summed E-state index contributed by atoms with van der Waals surface area (Å²) in [6, 6.07) is 0. The predicted octanol–water partition coefficient (Wildman–Crippen LogP) is -4.31. The van der Waals surface area contributed by atoms with Crippen molar-refractivity contribution in [3.63, 3.8) is 0 Å². The van der Waals surface area contributed by atoms with Crippen LogP contribution in [0.1, 0.15) is 0 Å². The maximum absolute atomic E-state index is 11.1.